The first-order valence-electron chi connectivity index (χ1n) is 4.67. The summed E-state index contributed by atoms with van der Waals surface area (Å²) in [5.74, 6) is 6.29. The van der Waals surface area contributed by atoms with E-state index in [-0.39, 0.29) is 6.04 Å². The fraction of sp³-hybridized carbons (Fsp3) is 0.0909. The first-order valence-corrected chi connectivity index (χ1v) is 5.84. The summed E-state index contributed by atoms with van der Waals surface area (Å²) < 4.78 is 6.22. The third-order valence-corrected chi connectivity index (χ3v) is 3.19. The van der Waals surface area contributed by atoms with E-state index in [4.69, 9.17) is 21.9 Å². The SMILES string of the molecule is NNC(c1ccco1)c1ccc(Cl)cc1Br. The van der Waals surface area contributed by atoms with Crippen LogP contribution in [0.2, 0.25) is 5.02 Å². The first-order chi connectivity index (χ1) is 7.72. The van der Waals surface area contributed by atoms with Crippen LogP contribution >= 0.6 is 27.5 Å². The van der Waals surface area contributed by atoms with Gasteiger partial charge in [0.1, 0.15) is 11.8 Å². The van der Waals surface area contributed by atoms with Gasteiger partial charge in [0.05, 0.1) is 6.26 Å². The maximum absolute atomic E-state index is 5.88. The van der Waals surface area contributed by atoms with Gasteiger partial charge in [-0.25, -0.2) is 5.43 Å². The third-order valence-electron chi connectivity index (χ3n) is 2.27. The molecule has 0 aliphatic carbocycles. The first kappa shape index (κ1) is 11.7. The quantitative estimate of drug-likeness (QED) is 0.676. The molecular formula is C11H10BrClN2O. The van der Waals surface area contributed by atoms with Crippen LogP contribution in [0.5, 0.6) is 0 Å². The molecule has 0 saturated carbocycles. The standard InChI is InChI=1S/C11H10BrClN2O/c12-9-6-7(13)3-4-8(9)11(15-14)10-2-1-5-16-10/h1-6,11,15H,14H2. The zero-order valence-electron chi connectivity index (χ0n) is 8.28. The molecule has 0 aliphatic rings. The Morgan fingerprint density at radius 2 is 2.19 bits per heavy atom. The Kier molecular flexibility index (Phi) is 3.66. The van der Waals surface area contributed by atoms with Gasteiger partial charge in [0.25, 0.3) is 0 Å². The van der Waals surface area contributed by atoms with Crippen molar-refractivity contribution in [1.82, 2.24) is 5.43 Å². The number of nitrogens with one attached hydrogen (secondary N) is 1. The molecule has 3 nitrogen and oxygen atoms in total. The summed E-state index contributed by atoms with van der Waals surface area (Å²) in [6.07, 6.45) is 1.61. The molecule has 1 aromatic carbocycles. The summed E-state index contributed by atoms with van der Waals surface area (Å²) in [6, 6.07) is 9.04. The summed E-state index contributed by atoms with van der Waals surface area (Å²) in [7, 11) is 0. The van der Waals surface area contributed by atoms with E-state index in [2.05, 4.69) is 21.4 Å². The Morgan fingerprint density at radius 1 is 1.38 bits per heavy atom. The molecule has 0 saturated heterocycles. The largest absolute Gasteiger partial charge is 0.467 e. The van der Waals surface area contributed by atoms with Crippen LogP contribution in [0.3, 0.4) is 0 Å². The fourth-order valence-electron chi connectivity index (χ4n) is 1.52. The van der Waals surface area contributed by atoms with Crippen LogP contribution in [0.25, 0.3) is 0 Å². The molecule has 2 rings (SSSR count). The van der Waals surface area contributed by atoms with E-state index >= 15 is 0 Å². The molecular weight excluding hydrogens is 291 g/mol. The zero-order valence-corrected chi connectivity index (χ0v) is 10.6. The molecule has 0 radical (unpaired) electrons. The minimum absolute atomic E-state index is 0.193. The second-order valence-electron chi connectivity index (χ2n) is 3.28. The van der Waals surface area contributed by atoms with Crippen LogP contribution in [0.1, 0.15) is 17.4 Å². The fourth-order valence-corrected chi connectivity index (χ4v) is 2.43. The van der Waals surface area contributed by atoms with E-state index in [0.717, 1.165) is 15.8 Å². The lowest BCUT2D eigenvalue weighted by Gasteiger charge is -2.15. The molecule has 2 aromatic rings. The van der Waals surface area contributed by atoms with E-state index in [1.807, 2.05) is 30.3 Å². The highest BCUT2D eigenvalue weighted by Crippen LogP contribution is 2.30. The van der Waals surface area contributed by atoms with Gasteiger partial charge in [0.2, 0.25) is 0 Å². The zero-order chi connectivity index (χ0) is 11.5. The van der Waals surface area contributed by atoms with Gasteiger partial charge < -0.3 is 4.42 Å². The molecule has 1 heterocycles. The number of hydrazine groups is 1. The van der Waals surface area contributed by atoms with Crippen molar-refractivity contribution in [3.8, 4) is 0 Å². The number of hydrogen-bond acceptors (Lipinski definition) is 3. The number of furan rings is 1. The highest BCUT2D eigenvalue weighted by Gasteiger charge is 2.17. The Hall–Kier alpha value is -0.810. The molecule has 0 fully saturated rings. The van der Waals surface area contributed by atoms with E-state index < -0.39 is 0 Å². The van der Waals surface area contributed by atoms with Crippen molar-refractivity contribution in [2.24, 2.45) is 5.84 Å². The van der Waals surface area contributed by atoms with Crippen LogP contribution in [-0.2, 0) is 0 Å². The van der Waals surface area contributed by atoms with Crippen LogP contribution < -0.4 is 11.3 Å². The highest BCUT2D eigenvalue weighted by molar-refractivity contribution is 9.10. The third kappa shape index (κ3) is 2.30. The molecule has 5 heteroatoms. The lowest BCUT2D eigenvalue weighted by molar-refractivity contribution is 0.451. The topological polar surface area (TPSA) is 51.2 Å². The Bertz CT molecular complexity index is 473. The van der Waals surface area contributed by atoms with Gasteiger partial charge in [-0.1, -0.05) is 33.6 Å². The average molecular weight is 302 g/mol. The van der Waals surface area contributed by atoms with Gasteiger partial charge in [-0.05, 0) is 29.8 Å². The summed E-state index contributed by atoms with van der Waals surface area (Å²) in [5.41, 5.74) is 3.69. The second kappa shape index (κ2) is 5.01. The summed E-state index contributed by atoms with van der Waals surface area (Å²) in [6.45, 7) is 0. The van der Waals surface area contributed by atoms with Gasteiger partial charge in [-0.15, -0.1) is 0 Å². The molecule has 0 spiro atoms. The Labute approximate surface area is 107 Å². The van der Waals surface area contributed by atoms with Gasteiger partial charge in [0, 0.05) is 9.50 Å². The molecule has 16 heavy (non-hydrogen) atoms. The van der Waals surface area contributed by atoms with Crippen molar-refractivity contribution in [3.63, 3.8) is 0 Å². The molecule has 0 amide bonds. The molecule has 1 atom stereocenters. The normalized spacial score (nSPS) is 12.7. The van der Waals surface area contributed by atoms with E-state index in [0.29, 0.717) is 5.02 Å². The Morgan fingerprint density at radius 3 is 2.75 bits per heavy atom. The van der Waals surface area contributed by atoms with Crippen molar-refractivity contribution in [2.45, 2.75) is 6.04 Å². The van der Waals surface area contributed by atoms with Gasteiger partial charge in [0.15, 0.2) is 0 Å². The second-order valence-corrected chi connectivity index (χ2v) is 4.57. The van der Waals surface area contributed by atoms with Crippen LogP contribution in [0.15, 0.2) is 45.5 Å². The van der Waals surface area contributed by atoms with Crippen LogP contribution in [0.4, 0.5) is 0 Å². The number of benzene rings is 1. The van der Waals surface area contributed by atoms with E-state index in [1.54, 1.807) is 6.26 Å². The minimum atomic E-state index is -0.193. The van der Waals surface area contributed by atoms with Crippen molar-refractivity contribution in [2.75, 3.05) is 0 Å². The number of halogens is 2. The molecule has 84 valence electrons. The predicted octanol–water partition coefficient (Wildman–Crippen LogP) is 3.25. The maximum Gasteiger partial charge on any atom is 0.126 e. The Balaban J connectivity index is 2.41. The number of rotatable bonds is 3. The predicted molar refractivity (Wildman–Crippen MR) is 67.0 cm³/mol. The summed E-state index contributed by atoms with van der Waals surface area (Å²) in [4.78, 5) is 0. The molecule has 1 aromatic heterocycles. The molecule has 0 bridgehead atoms. The smallest absolute Gasteiger partial charge is 0.126 e. The monoisotopic (exact) mass is 300 g/mol. The van der Waals surface area contributed by atoms with Crippen molar-refractivity contribution >= 4 is 27.5 Å². The average Bonchev–Trinajstić information content (AvgIpc) is 2.75. The molecule has 1 unspecified atom stereocenters. The maximum atomic E-state index is 5.88. The summed E-state index contributed by atoms with van der Waals surface area (Å²) in [5, 5.41) is 0.672. The van der Waals surface area contributed by atoms with Gasteiger partial charge in [-0.3, -0.25) is 5.84 Å². The minimum Gasteiger partial charge on any atom is -0.467 e. The molecule has 3 N–H and O–H groups in total. The summed E-state index contributed by atoms with van der Waals surface area (Å²) >= 11 is 9.34. The van der Waals surface area contributed by atoms with Gasteiger partial charge in [-0.2, -0.15) is 0 Å². The van der Waals surface area contributed by atoms with E-state index in [9.17, 15) is 0 Å². The number of hydrogen-bond donors (Lipinski definition) is 2. The van der Waals surface area contributed by atoms with Crippen LogP contribution in [0, 0.1) is 0 Å². The number of nitrogens with two attached hydrogens (primary N) is 1. The van der Waals surface area contributed by atoms with Crippen molar-refractivity contribution in [3.05, 3.63) is 57.4 Å². The van der Waals surface area contributed by atoms with Crippen molar-refractivity contribution in [1.29, 1.82) is 0 Å². The molecule has 0 aliphatic heterocycles. The van der Waals surface area contributed by atoms with Crippen LogP contribution in [-0.4, -0.2) is 0 Å². The van der Waals surface area contributed by atoms with Crippen molar-refractivity contribution < 1.29 is 4.42 Å². The highest BCUT2D eigenvalue weighted by atomic mass is 79.9. The lowest BCUT2D eigenvalue weighted by Crippen LogP contribution is -2.28. The van der Waals surface area contributed by atoms with Gasteiger partial charge >= 0.3 is 0 Å². The lowest BCUT2D eigenvalue weighted by atomic mass is 10.1. The van der Waals surface area contributed by atoms with E-state index in [1.165, 1.54) is 0 Å².